The fourth-order valence-corrected chi connectivity index (χ4v) is 5.34. The Morgan fingerprint density at radius 2 is 1.24 bits per heavy atom. The van der Waals surface area contributed by atoms with E-state index in [1.54, 1.807) is 19.9 Å². The molecule has 38 heavy (non-hydrogen) atoms. The number of likely N-dealkylation sites (tertiary alicyclic amines) is 2. The standard InChI is InChI=1S/C30H24Br2N2O4/c1-4-22-24(18(2)27(35)33(28(22)36)16-20-11-7-5-8-12-20)26-23(15-31)29(37)34(30(38)25(26)19(3)32)17-21-13-9-6-10-14-21/h4-15H,2,16-17H2,1,3H3/b22-4+,23-15-,25-19-,26-24+. The molecule has 6 nitrogen and oxygen atoms in total. The molecular weight excluding hydrogens is 612 g/mol. The molecule has 2 fully saturated rings. The minimum absolute atomic E-state index is 0.0267. The van der Waals surface area contributed by atoms with Gasteiger partial charge in [0, 0.05) is 26.8 Å². The molecule has 0 aliphatic carbocycles. The lowest BCUT2D eigenvalue weighted by molar-refractivity contribution is -0.143. The summed E-state index contributed by atoms with van der Waals surface area (Å²) in [6.07, 6.45) is 1.58. The van der Waals surface area contributed by atoms with Gasteiger partial charge in [-0.1, -0.05) is 105 Å². The molecule has 2 aromatic rings. The molecule has 2 heterocycles. The van der Waals surface area contributed by atoms with Gasteiger partial charge >= 0.3 is 0 Å². The molecule has 0 aromatic heterocycles. The maximum atomic E-state index is 13.8. The van der Waals surface area contributed by atoms with Gasteiger partial charge in [0.15, 0.2) is 0 Å². The highest BCUT2D eigenvalue weighted by Gasteiger charge is 2.44. The Hall–Kier alpha value is -3.62. The lowest BCUT2D eigenvalue weighted by atomic mass is 9.80. The van der Waals surface area contributed by atoms with Gasteiger partial charge in [-0.15, -0.1) is 0 Å². The number of imide groups is 2. The van der Waals surface area contributed by atoms with Crippen LogP contribution in [0.5, 0.6) is 0 Å². The van der Waals surface area contributed by atoms with Gasteiger partial charge in [0.1, 0.15) is 0 Å². The third kappa shape index (κ3) is 4.93. The molecule has 0 unspecified atom stereocenters. The van der Waals surface area contributed by atoms with Crippen LogP contribution in [-0.2, 0) is 32.3 Å². The number of hydrogen-bond acceptors (Lipinski definition) is 4. The predicted octanol–water partition coefficient (Wildman–Crippen LogP) is 5.87. The number of piperidine rings is 2. The second kappa shape index (κ2) is 11.4. The van der Waals surface area contributed by atoms with Gasteiger partial charge in [0.05, 0.1) is 24.2 Å². The van der Waals surface area contributed by atoms with E-state index in [1.807, 2.05) is 60.7 Å². The number of rotatable bonds is 4. The zero-order valence-electron chi connectivity index (χ0n) is 20.8. The van der Waals surface area contributed by atoms with E-state index in [4.69, 9.17) is 0 Å². The Kier molecular flexibility index (Phi) is 8.23. The molecule has 0 atom stereocenters. The molecule has 0 radical (unpaired) electrons. The molecular formula is C30H24Br2N2O4. The minimum atomic E-state index is -0.584. The molecule has 4 amide bonds. The fourth-order valence-electron chi connectivity index (χ4n) is 4.55. The second-order valence-corrected chi connectivity index (χ2v) is 10.4. The molecule has 0 saturated carbocycles. The smallest absolute Gasteiger partial charge is 0.262 e. The average molecular weight is 636 g/mol. The van der Waals surface area contributed by atoms with E-state index in [2.05, 4.69) is 38.4 Å². The number of halogens is 2. The highest BCUT2D eigenvalue weighted by atomic mass is 79.9. The molecule has 0 bridgehead atoms. The van der Waals surface area contributed by atoms with Crippen LogP contribution in [0.15, 0.2) is 116 Å². The quantitative estimate of drug-likeness (QED) is 0.311. The highest BCUT2D eigenvalue weighted by molar-refractivity contribution is 9.11. The second-order valence-electron chi connectivity index (χ2n) is 8.73. The molecule has 2 aromatic carbocycles. The maximum absolute atomic E-state index is 13.8. The first-order valence-corrected chi connectivity index (χ1v) is 13.5. The Morgan fingerprint density at radius 3 is 1.68 bits per heavy atom. The van der Waals surface area contributed by atoms with Gasteiger partial charge in [-0.25, -0.2) is 0 Å². The molecule has 2 saturated heterocycles. The minimum Gasteiger partial charge on any atom is -0.270 e. The highest BCUT2D eigenvalue weighted by Crippen LogP contribution is 2.42. The monoisotopic (exact) mass is 634 g/mol. The van der Waals surface area contributed by atoms with E-state index >= 15 is 0 Å². The number of nitrogens with zero attached hydrogens (tertiary/aromatic N) is 2. The van der Waals surface area contributed by atoms with Crippen molar-refractivity contribution in [3.05, 3.63) is 127 Å². The van der Waals surface area contributed by atoms with Gasteiger partial charge < -0.3 is 0 Å². The van der Waals surface area contributed by atoms with Crippen molar-refractivity contribution in [2.75, 3.05) is 0 Å². The Balaban J connectivity index is 1.86. The van der Waals surface area contributed by atoms with Crippen LogP contribution in [0.2, 0.25) is 0 Å². The summed E-state index contributed by atoms with van der Waals surface area (Å²) in [4.78, 5) is 58.3. The lowest BCUT2D eigenvalue weighted by Gasteiger charge is -2.36. The fraction of sp³-hybridized carbons (Fsp3) is 0.133. The molecule has 0 spiro atoms. The van der Waals surface area contributed by atoms with Crippen molar-refractivity contribution in [2.45, 2.75) is 26.9 Å². The van der Waals surface area contributed by atoms with Gasteiger partial charge in [-0.2, -0.15) is 0 Å². The summed E-state index contributed by atoms with van der Waals surface area (Å²) in [5, 5.41) is 0. The topological polar surface area (TPSA) is 74.8 Å². The van der Waals surface area contributed by atoms with Crippen LogP contribution >= 0.6 is 31.9 Å². The Labute approximate surface area is 237 Å². The van der Waals surface area contributed by atoms with Crippen LogP contribution in [0, 0.1) is 0 Å². The van der Waals surface area contributed by atoms with Crippen molar-refractivity contribution in [3.63, 3.8) is 0 Å². The van der Waals surface area contributed by atoms with Crippen molar-refractivity contribution in [1.82, 2.24) is 9.80 Å². The molecule has 0 N–H and O–H groups in total. The average Bonchev–Trinajstić information content (AvgIpc) is 2.91. The zero-order valence-corrected chi connectivity index (χ0v) is 24.0. The van der Waals surface area contributed by atoms with Crippen LogP contribution < -0.4 is 0 Å². The van der Waals surface area contributed by atoms with Gasteiger partial charge in [-0.3, -0.25) is 29.0 Å². The first-order valence-electron chi connectivity index (χ1n) is 11.8. The zero-order chi connectivity index (χ0) is 27.6. The SMILES string of the molecule is C=C1C(=O)N(Cc2ccccc2)C(=O)C(=C/C)/C1=C1C(=C\Br)\C(=O)N(Cc2ccccc2)C(=O)C\1=C(\C)Br. The number of carbonyl (C=O) groups is 4. The first kappa shape index (κ1) is 27.4. The Morgan fingerprint density at radius 1 is 0.763 bits per heavy atom. The first-order chi connectivity index (χ1) is 18.2. The van der Waals surface area contributed by atoms with Crippen LogP contribution in [0.25, 0.3) is 0 Å². The van der Waals surface area contributed by atoms with Crippen LogP contribution in [-0.4, -0.2) is 33.4 Å². The molecule has 192 valence electrons. The summed E-state index contributed by atoms with van der Waals surface area (Å²) in [6.45, 7) is 7.51. The molecule has 2 aliphatic rings. The Bertz CT molecular complexity index is 1480. The number of allylic oxidation sites excluding steroid dienone is 2. The predicted molar refractivity (Wildman–Crippen MR) is 153 cm³/mol. The normalized spacial score (nSPS) is 22.2. The van der Waals surface area contributed by atoms with Crippen molar-refractivity contribution in [1.29, 1.82) is 0 Å². The van der Waals surface area contributed by atoms with Crippen molar-refractivity contribution < 1.29 is 19.2 Å². The summed E-state index contributed by atoms with van der Waals surface area (Å²) < 4.78 is 0.456. The van der Waals surface area contributed by atoms with Crippen molar-refractivity contribution in [3.8, 4) is 0 Å². The summed E-state index contributed by atoms with van der Waals surface area (Å²) in [7, 11) is 0. The van der Waals surface area contributed by atoms with Crippen LogP contribution in [0.4, 0.5) is 0 Å². The number of benzene rings is 2. The summed E-state index contributed by atoms with van der Waals surface area (Å²) >= 11 is 6.73. The van der Waals surface area contributed by atoms with Gasteiger partial charge in [0.25, 0.3) is 23.6 Å². The van der Waals surface area contributed by atoms with E-state index in [-0.39, 0.29) is 46.5 Å². The summed E-state index contributed by atoms with van der Waals surface area (Å²) in [5.41, 5.74) is 2.47. The number of hydrogen-bond donors (Lipinski definition) is 0. The largest absolute Gasteiger partial charge is 0.270 e. The van der Waals surface area contributed by atoms with E-state index in [9.17, 15) is 19.2 Å². The molecule has 4 rings (SSSR count). The molecule has 2 aliphatic heterocycles. The van der Waals surface area contributed by atoms with E-state index in [0.717, 1.165) is 20.9 Å². The van der Waals surface area contributed by atoms with Crippen molar-refractivity contribution in [2.24, 2.45) is 0 Å². The number of amides is 4. The maximum Gasteiger partial charge on any atom is 0.262 e. The van der Waals surface area contributed by atoms with Crippen LogP contribution in [0.1, 0.15) is 25.0 Å². The van der Waals surface area contributed by atoms with Gasteiger partial charge in [0.2, 0.25) is 0 Å². The van der Waals surface area contributed by atoms with Crippen LogP contribution in [0.3, 0.4) is 0 Å². The van der Waals surface area contributed by atoms with E-state index in [0.29, 0.717) is 4.48 Å². The van der Waals surface area contributed by atoms with Gasteiger partial charge in [-0.05, 0) is 30.0 Å². The van der Waals surface area contributed by atoms with Crippen molar-refractivity contribution >= 4 is 55.5 Å². The molecule has 8 heteroatoms. The third-order valence-electron chi connectivity index (χ3n) is 6.36. The van der Waals surface area contributed by atoms with E-state index in [1.165, 1.54) is 4.99 Å². The summed E-state index contributed by atoms with van der Waals surface area (Å²) in [6, 6.07) is 18.3. The third-order valence-corrected chi connectivity index (χ3v) is 7.22. The lowest BCUT2D eigenvalue weighted by Crippen LogP contribution is -2.46. The number of carbonyl (C=O) groups excluding carboxylic acids is 4. The summed E-state index contributed by atoms with van der Waals surface area (Å²) in [5.74, 6) is -2.20. The van der Waals surface area contributed by atoms with E-state index < -0.39 is 23.6 Å².